The Hall–Kier alpha value is -2.69. The van der Waals surface area contributed by atoms with Crippen molar-refractivity contribution >= 4 is 16.8 Å². The second-order valence-corrected chi connectivity index (χ2v) is 4.67. The smallest absolute Gasteiger partial charge is 0.253 e. The van der Waals surface area contributed by atoms with E-state index in [1.54, 1.807) is 18.3 Å². The number of para-hydroxylation sites is 1. The van der Waals surface area contributed by atoms with Crippen molar-refractivity contribution in [1.29, 1.82) is 0 Å². The van der Waals surface area contributed by atoms with Gasteiger partial charge in [-0.1, -0.05) is 18.2 Å². The minimum atomic E-state index is -0.673. The molecule has 1 amide bonds. The first-order valence-corrected chi connectivity index (χ1v) is 6.43. The number of hydrogen-bond donors (Lipinski definition) is 2. The maximum absolute atomic E-state index is 13.5. The molecule has 3 nitrogen and oxygen atoms in total. The number of rotatable bonds is 3. The monoisotopic (exact) mass is 286 g/mol. The molecule has 5 heteroatoms. The molecule has 0 unspecified atom stereocenters. The standard InChI is InChI=1S/C16H12F2N2O/c17-12-5-4-11(14(18)8-12)9-20-16(21)13-3-1-2-10-6-7-19-15(10)13/h1-8,19H,9H2,(H,20,21). The fourth-order valence-corrected chi connectivity index (χ4v) is 2.21. The van der Waals surface area contributed by atoms with E-state index < -0.39 is 11.6 Å². The van der Waals surface area contributed by atoms with Crippen LogP contribution in [0.2, 0.25) is 0 Å². The third kappa shape index (κ3) is 2.63. The third-order valence-corrected chi connectivity index (χ3v) is 3.29. The summed E-state index contributed by atoms with van der Waals surface area (Å²) in [5.41, 5.74) is 1.46. The first kappa shape index (κ1) is 13.3. The molecule has 0 atom stereocenters. The van der Waals surface area contributed by atoms with Gasteiger partial charge in [-0.25, -0.2) is 8.78 Å². The fourth-order valence-electron chi connectivity index (χ4n) is 2.21. The molecule has 3 rings (SSSR count). The highest BCUT2D eigenvalue weighted by Gasteiger charge is 2.11. The van der Waals surface area contributed by atoms with Crippen LogP contribution in [0.5, 0.6) is 0 Å². The van der Waals surface area contributed by atoms with Gasteiger partial charge in [-0.2, -0.15) is 0 Å². The summed E-state index contributed by atoms with van der Waals surface area (Å²) in [5, 5.41) is 3.56. The highest BCUT2D eigenvalue weighted by Crippen LogP contribution is 2.17. The van der Waals surface area contributed by atoms with Crippen LogP contribution in [0, 0.1) is 11.6 Å². The van der Waals surface area contributed by atoms with Crippen LogP contribution < -0.4 is 5.32 Å². The van der Waals surface area contributed by atoms with Crippen LogP contribution in [0.4, 0.5) is 8.78 Å². The predicted octanol–water partition coefficient (Wildman–Crippen LogP) is 3.38. The molecule has 0 spiro atoms. The SMILES string of the molecule is O=C(NCc1ccc(F)cc1F)c1cccc2cc[nH]c12. The maximum Gasteiger partial charge on any atom is 0.253 e. The number of fused-ring (bicyclic) bond motifs is 1. The van der Waals surface area contributed by atoms with Crippen molar-refractivity contribution in [3.05, 3.63) is 71.4 Å². The quantitative estimate of drug-likeness (QED) is 0.761. The first-order chi connectivity index (χ1) is 10.1. The molecule has 1 aromatic heterocycles. The van der Waals surface area contributed by atoms with E-state index in [0.717, 1.165) is 23.0 Å². The summed E-state index contributed by atoms with van der Waals surface area (Å²) in [7, 11) is 0. The van der Waals surface area contributed by atoms with Gasteiger partial charge in [0.1, 0.15) is 11.6 Å². The molecule has 0 radical (unpaired) electrons. The molecule has 2 N–H and O–H groups in total. The van der Waals surface area contributed by atoms with E-state index in [0.29, 0.717) is 5.56 Å². The fraction of sp³-hybridized carbons (Fsp3) is 0.0625. The molecule has 2 aromatic carbocycles. The lowest BCUT2D eigenvalue weighted by Crippen LogP contribution is -2.23. The van der Waals surface area contributed by atoms with Crippen molar-refractivity contribution in [2.45, 2.75) is 6.54 Å². The highest BCUT2D eigenvalue weighted by atomic mass is 19.1. The Morgan fingerprint density at radius 2 is 2.00 bits per heavy atom. The maximum atomic E-state index is 13.5. The predicted molar refractivity (Wildman–Crippen MR) is 75.8 cm³/mol. The van der Waals surface area contributed by atoms with Crippen molar-refractivity contribution in [3.8, 4) is 0 Å². The lowest BCUT2D eigenvalue weighted by Gasteiger charge is -2.07. The lowest BCUT2D eigenvalue weighted by atomic mass is 10.1. The molecule has 0 saturated heterocycles. The third-order valence-electron chi connectivity index (χ3n) is 3.29. The zero-order valence-electron chi connectivity index (χ0n) is 11.0. The van der Waals surface area contributed by atoms with Crippen LogP contribution in [0.25, 0.3) is 10.9 Å². The van der Waals surface area contributed by atoms with Gasteiger partial charge in [-0.05, 0) is 18.2 Å². The number of benzene rings is 2. The summed E-state index contributed by atoms with van der Waals surface area (Å²) in [6.45, 7) is 0.00203. The molecule has 3 aromatic rings. The summed E-state index contributed by atoms with van der Waals surface area (Å²) in [6, 6.07) is 10.5. The largest absolute Gasteiger partial charge is 0.361 e. The van der Waals surface area contributed by atoms with Gasteiger partial charge in [-0.3, -0.25) is 4.79 Å². The normalized spacial score (nSPS) is 10.8. The van der Waals surface area contributed by atoms with Crippen molar-refractivity contribution in [1.82, 2.24) is 10.3 Å². The molecule has 0 saturated carbocycles. The molecule has 106 valence electrons. The molecular formula is C16H12F2N2O. The first-order valence-electron chi connectivity index (χ1n) is 6.43. The van der Waals surface area contributed by atoms with Gasteiger partial charge in [0.25, 0.3) is 5.91 Å². The Balaban J connectivity index is 1.79. The van der Waals surface area contributed by atoms with Crippen molar-refractivity contribution in [2.24, 2.45) is 0 Å². The van der Waals surface area contributed by atoms with Crippen molar-refractivity contribution in [3.63, 3.8) is 0 Å². The zero-order chi connectivity index (χ0) is 14.8. The Labute approximate surface area is 119 Å². The zero-order valence-corrected chi connectivity index (χ0v) is 11.0. The topological polar surface area (TPSA) is 44.9 Å². The molecular weight excluding hydrogens is 274 g/mol. The van der Waals surface area contributed by atoms with Gasteiger partial charge in [0.2, 0.25) is 0 Å². The lowest BCUT2D eigenvalue weighted by molar-refractivity contribution is 0.0952. The van der Waals surface area contributed by atoms with E-state index in [4.69, 9.17) is 0 Å². The van der Waals surface area contributed by atoms with E-state index in [-0.39, 0.29) is 18.0 Å². The number of carbonyl (C=O) groups excluding carboxylic acids is 1. The van der Waals surface area contributed by atoms with Crippen LogP contribution in [0.1, 0.15) is 15.9 Å². The van der Waals surface area contributed by atoms with Gasteiger partial charge in [0, 0.05) is 29.8 Å². The number of amides is 1. The number of aromatic nitrogens is 1. The van der Waals surface area contributed by atoms with Gasteiger partial charge < -0.3 is 10.3 Å². The van der Waals surface area contributed by atoms with E-state index in [2.05, 4.69) is 10.3 Å². The summed E-state index contributed by atoms with van der Waals surface area (Å²) in [5.74, 6) is -1.63. The van der Waals surface area contributed by atoms with Crippen molar-refractivity contribution in [2.75, 3.05) is 0 Å². The molecule has 0 bridgehead atoms. The Morgan fingerprint density at radius 3 is 2.81 bits per heavy atom. The van der Waals surface area contributed by atoms with Gasteiger partial charge in [0.15, 0.2) is 0 Å². The average Bonchev–Trinajstić information content (AvgIpc) is 2.94. The van der Waals surface area contributed by atoms with E-state index >= 15 is 0 Å². The van der Waals surface area contributed by atoms with Crippen LogP contribution in [-0.2, 0) is 6.54 Å². The van der Waals surface area contributed by atoms with Crippen LogP contribution >= 0.6 is 0 Å². The second-order valence-electron chi connectivity index (χ2n) is 4.67. The molecule has 0 aliphatic carbocycles. The number of carbonyl (C=O) groups is 1. The second kappa shape index (κ2) is 5.36. The van der Waals surface area contributed by atoms with E-state index in [1.807, 2.05) is 12.1 Å². The number of aromatic amines is 1. The minimum absolute atomic E-state index is 0.00203. The Bertz CT molecular complexity index is 811. The van der Waals surface area contributed by atoms with Crippen molar-refractivity contribution < 1.29 is 13.6 Å². The van der Waals surface area contributed by atoms with Gasteiger partial charge >= 0.3 is 0 Å². The minimum Gasteiger partial charge on any atom is -0.361 e. The van der Waals surface area contributed by atoms with Crippen LogP contribution in [-0.4, -0.2) is 10.9 Å². The van der Waals surface area contributed by atoms with Gasteiger partial charge in [0.05, 0.1) is 11.1 Å². The Kier molecular flexibility index (Phi) is 3.39. The molecule has 0 aliphatic rings. The number of H-pyrrole nitrogens is 1. The molecule has 0 fully saturated rings. The Morgan fingerprint density at radius 1 is 1.14 bits per heavy atom. The summed E-state index contributed by atoms with van der Waals surface area (Å²) < 4.78 is 26.3. The summed E-state index contributed by atoms with van der Waals surface area (Å²) >= 11 is 0. The highest BCUT2D eigenvalue weighted by molar-refractivity contribution is 6.05. The molecule has 21 heavy (non-hydrogen) atoms. The number of halogens is 2. The van der Waals surface area contributed by atoms with Crippen LogP contribution in [0.3, 0.4) is 0 Å². The number of hydrogen-bond acceptors (Lipinski definition) is 1. The molecule has 1 heterocycles. The van der Waals surface area contributed by atoms with Crippen LogP contribution in [0.15, 0.2) is 48.7 Å². The number of nitrogens with one attached hydrogen (secondary N) is 2. The van der Waals surface area contributed by atoms with Gasteiger partial charge in [-0.15, -0.1) is 0 Å². The van der Waals surface area contributed by atoms with E-state index in [1.165, 1.54) is 6.07 Å². The summed E-state index contributed by atoms with van der Waals surface area (Å²) in [4.78, 5) is 15.2. The summed E-state index contributed by atoms with van der Waals surface area (Å²) in [6.07, 6.45) is 1.75. The van der Waals surface area contributed by atoms with E-state index in [9.17, 15) is 13.6 Å². The average molecular weight is 286 g/mol. The molecule has 0 aliphatic heterocycles.